The Hall–Kier alpha value is -2.79. The fourth-order valence-corrected chi connectivity index (χ4v) is 5.27. The molecule has 1 fully saturated rings. The Bertz CT molecular complexity index is 1120. The fraction of sp³-hybridized carbons (Fsp3) is 0.500. The van der Waals surface area contributed by atoms with Crippen molar-refractivity contribution in [1.29, 1.82) is 0 Å². The predicted octanol–water partition coefficient (Wildman–Crippen LogP) is 2.23. The van der Waals surface area contributed by atoms with E-state index in [0.717, 1.165) is 0 Å². The van der Waals surface area contributed by atoms with Gasteiger partial charge in [0.15, 0.2) is 0 Å². The summed E-state index contributed by atoms with van der Waals surface area (Å²) >= 11 is 0. The van der Waals surface area contributed by atoms with E-state index in [1.54, 1.807) is 25.1 Å². The number of carbonyl (C=O) groups is 3. The maximum absolute atomic E-state index is 14.9. The van der Waals surface area contributed by atoms with Crippen molar-refractivity contribution in [2.45, 2.75) is 45.3 Å². The minimum atomic E-state index is -2.87. The van der Waals surface area contributed by atoms with Gasteiger partial charge in [-0.3, -0.25) is 14.5 Å². The number of nitrogens with one attached hydrogen (secondary N) is 1. The molecule has 0 aliphatic carbocycles. The van der Waals surface area contributed by atoms with Crippen molar-refractivity contribution in [3.8, 4) is 0 Å². The second kappa shape index (κ2) is 9.60. The first kappa shape index (κ1) is 24.8. The molecule has 3 amide bonds. The highest BCUT2D eigenvalue weighted by atomic mass is 32.2. The summed E-state index contributed by atoms with van der Waals surface area (Å²) in [6, 6.07) is 4.37. The number of cyclic esters (lactones) is 1. The molecular formula is C22H28FN3O6S. The molecule has 0 saturated carbocycles. The average Bonchev–Trinajstić information content (AvgIpc) is 3.13. The van der Waals surface area contributed by atoms with E-state index in [4.69, 9.17) is 4.74 Å². The molecule has 0 spiro atoms. The van der Waals surface area contributed by atoms with E-state index in [-0.39, 0.29) is 43.3 Å². The van der Waals surface area contributed by atoms with Crippen molar-refractivity contribution in [2.24, 2.45) is 4.36 Å². The number of amides is 3. The molecule has 2 N–H and O–H groups in total. The van der Waals surface area contributed by atoms with E-state index in [0.29, 0.717) is 16.8 Å². The summed E-state index contributed by atoms with van der Waals surface area (Å²) in [6.45, 7) is 4.68. The molecule has 11 heteroatoms. The number of benzene rings is 1. The van der Waals surface area contributed by atoms with E-state index in [2.05, 4.69) is 9.68 Å². The Balaban J connectivity index is 1.74. The number of ether oxygens (including phenoxy) is 1. The summed E-state index contributed by atoms with van der Waals surface area (Å²) in [4.78, 5) is 36.6. The van der Waals surface area contributed by atoms with Gasteiger partial charge in [0.1, 0.15) is 17.5 Å². The first-order valence-corrected chi connectivity index (χ1v) is 12.5. The number of halogens is 1. The predicted molar refractivity (Wildman–Crippen MR) is 122 cm³/mol. The largest absolute Gasteiger partial charge is 0.442 e. The molecule has 1 saturated heterocycles. The molecule has 0 aromatic heterocycles. The smallest absolute Gasteiger partial charge is 0.414 e. The maximum atomic E-state index is 14.9. The average molecular weight is 482 g/mol. The van der Waals surface area contributed by atoms with Gasteiger partial charge in [0.05, 0.1) is 34.3 Å². The zero-order valence-corrected chi connectivity index (χ0v) is 19.6. The Labute approximate surface area is 192 Å². The van der Waals surface area contributed by atoms with Crippen LogP contribution in [0.4, 0.5) is 14.9 Å². The number of rotatable bonds is 6. The third-order valence-corrected chi connectivity index (χ3v) is 7.77. The van der Waals surface area contributed by atoms with E-state index >= 15 is 0 Å². The van der Waals surface area contributed by atoms with Gasteiger partial charge in [-0.1, -0.05) is 13.0 Å². The van der Waals surface area contributed by atoms with Crippen LogP contribution in [0, 0.1) is 5.82 Å². The number of nitrogens with zero attached hydrogens (tertiary/aromatic N) is 2. The molecule has 33 heavy (non-hydrogen) atoms. The Kier molecular flexibility index (Phi) is 7.23. The van der Waals surface area contributed by atoms with Crippen LogP contribution in [0.5, 0.6) is 0 Å². The second-order valence-electron chi connectivity index (χ2n) is 8.36. The zero-order valence-electron chi connectivity index (χ0n) is 18.8. The summed E-state index contributed by atoms with van der Waals surface area (Å²) < 4.78 is 36.8. The van der Waals surface area contributed by atoms with Crippen LogP contribution in [0.25, 0.3) is 5.57 Å². The van der Waals surface area contributed by atoms with Crippen molar-refractivity contribution in [1.82, 2.24) is 5.32 Å². The third-order valence-electron chi connectivity index (χ3n) is 5.74. The first-order valence-electron chi connectivity index (χ1n) is 10.6. The number of aliphatic hydroxyl groups is 1. The van der Waals surface area contributed by atoms with E-state index in [1.165, 1.54) is 24.8 Å². The van der Waals surface area contributed by atoms with Crippen molar-refractivity contribution in [2.75, 3.05) is 29.5 Å². The fourth-order valence-electron chi connectivity index (χ4n) is 3.44. The molecule has 0 bridgehead atoms. The minimum absolute atomic E-state index is 0.0155. The lowest BCUT2D eigenvalue weighted by Crippen LogP contribution is -2.34. The molecule has 3 atom stereocenters. The van der Waals surface area contributed by atoms with Crippen molar-refractivity contribution >= 4 is 38.9 Å². The van der Waals surface area contributed by atoms with Crippen LogP contribution in [0.15, 0.2) is 28.6 Å². The van der Waals surface area contributed by atoms with Crippen LogP contribution in [-0.4, -0.2) is 63.5 Å². The SMILES string of the molecule is CCC(C)(O)C(=O)N=S1(=O)CC=C(c2ccc(N3CC(CNC(C)=O)OC3=O)cc2F)CC1. The first-order chi connectivity index (χ1) is 15.4. The highest BCUT2D eigenvalue weighted by Crippen LogP contribution is 2.30. The quantitative estimate of drug-likeness (QED) is 0.642. The van der Waals surface area contributed by atoms with Crippen molar-refractivity contribution < 1.29 is 32.8 Å². The van der Waals surface area contributed by atoms with Crippen LogP contribution >= 0.6 is 0 Å². The normalized spacial score (nSPS) is 24.5. The number of hydrogen-bond donors (Lipinski definition) is 2. The molecule has 9 nitrogen and oxygen atoms in total. The Morgan fingerprint density at radius 3 is 2.73 bits per heavy atom. The summed E-state index contributed by atoms with van der Waals surface area (Å²) in [5.41, 5.74) is -0.382. The number of anilines is 1. The third kappa shape index (κ3) is 5.77. The van der Waals surface area contributed by atoms with Crippen LogP contribution in [0.1, 0.15) is 39.2 Å². The lowest BCUT2D eigenvalue weighted by atomic mass is 10.0. The van der Waals surface area contributed by atoms with E-state index in [1.807, 2.05) is 0 Å². The van der Waals surface area contributed by atoms with Crippen LogP contribution < -0.4 is 10.2 Å². The molecule has 1 aromatic rings. The minimum Gasteiger partial charge on any atom is -0.442 e. The van der Waals surface area contributed by atoms with Gasteiger partial charge >= 0.3 is 6.09 Å². The highest BCUT2D eigenvalue weighted by molar-refractivity contribution is 7.94. The molecular weight excluding hydrogens is 453 g/mol. The maximum Gasteiger partial charge on any atom is 0.414 e. The number of hydrogen-bond acceptors (Lipinski definition) is 6. The second-order valence-corrected chi connectivity index (χ2v) is 10.8. The van der Waals surface area contributed by atoms with E-state index < -0.39 is 39.3 Å². The van der Waals surface area contributed by atoms with Gasteiger partial charge in [-0.2, -0.15) is 4.36 Å². The van der Waals surface area contributed by atoms with E-state index in [9.17, 15) is 28.1 Å². The van der Waals surface area contributed by atoms with Crippen LogP contribution in [0.3, 0.4) is 0 Å². The highest BCUT2D eigenvalue weighted by Gasteiger charge is 2.33. The number of allylic oxidation sites excluding steroid dienone is 1. The molecule has 3 unspecified atom stereocenters. The summed E-state index contributed by atoms with van der Waals surface area (Å²) in [5, 5.41) is 12.6. The summed E-state index contributed by atoms with van der Waals surface area (Å²) in [7, 11) is -2.87. The molecule has 2 heterocycles. The molecule has 0 radical (unpaired) electrons. The van der Waals surface area contributed by atoms with Crippen molar-refractivity contribution in [3.05, 3.63) is 35.7 Å². The van der Waals surface area contributed by atoms with Crippen molar-refractivity contribution in [3.63, 3.8) is 0 Å². The van der Waals surface area contributed by atoms with Gasteiger partial charge in [-0.15, -0.1) is 0 Å². The number of carbonyl (C=O) groups excluding carboxylic acids is 3. The molecule has 2 aliphatic heterocycles. The summed E-state index contributed by atoms with van der Waals surface area (Å²) in [5.74, 6) is -1.53. The lowest BCUT2D eigenvalue weighted by molar-refractivity contribution is -0.134. The van der Waals surface area contributed by atoms with Gasteiger partial charge in [0.2, 0.25) is 5.91 Å². The molecule has 2 aliphatic rings. The lowest BCUT2D eigenvalue weighted by Gasteiger charge is -2.21. The molecule has 3 rings (SSSR count). The van der Waals surface area contributed by atoms with Crippen LogP contribution in [-0.2, 0) is 24.1 Å². The van der Waals surface area contributed by atoms with Gasteiger partial charge in [0, 0.05) is 18.2 Å². The standard InChI is InChI=1S/C22H28FN3O6S/c1-4-22(3,30)20(28)25-33(31)9-7-15(8-10-33)18-6-5-16(11-19(18)23)26-13-17(32-21(26)29)12-24-14(2)27/h5-7,11,17,30H,4,8-10,12-13H2,1-3H3,(H,24,27). The van der Waals surface area contributed by atoms with Gasteiger partial charge in [-0.25, -0.2) is 13.4 Å². The topological polar surface area (TPSA) is 125 Å². The Morgan fingerprint density at radius 2 is 2.15 bits per heavy atom. The monoisotopic (exact) mass is 481 g/mol. The summed E-state index contributed by atoms with van der Waals surface area (Å²) in [6.07, 6.45) is 0.864. The zero-order chi connectivity index (χ0) is 24.4. The van der Waals surface area contributed by atoms with Crippen LogP contribution in [0.2, 0.25) is 0 Å². The molecule has 1 aromatic carbocycles. The van der Waals surface area contributed by atoms with Gasteiger partial charge in [-0.05, 0) is 43.5 Å². The van der Waals surface area contributed by atoms with Gasteiger partial charge < -0.3 is 15.2 Å². The van der Waals surface area contributed by atoms with Gasteiger partial charge in [0.25, 0.3) is 5.91 Å². The Morgan fingerprint density at radius 1 is 1.42 bits per heavy atom. The molecule has 180 valence electrons.